The van der Waals surface area contributed by atoms with Crippen LogP contribution < -0.4 is 5.32 Å². The lowest BCUT2D eigenvalue weighted by Crippen LogP contribution is -2.74. The van der Waals surface area contributed by atoms with Crippen LogP contribution in [0.1, 0.15) is 0 Å². The third-order valence-corrected chi connectivity index (χ3v) is 3.48. The third-order valence-electron chi connectivity index (χ3n) is 2.24. The van der Waals surface area contributed by atoms with Gasteiger partial charge in [-0.05, 0) is 18.2 Å². The zero-order valence-electron chi connectivity index (χ0n) is 9.31. The van der Waals surface area contributed by atoms with Crippen molar-refractivity contribution in [3.63, 3.8) is 0 Å². The minimum absolute atomic E-state index is 0.0187. The predicted octanol–water partition coefficient (Wildman–Crippen LogP) is 0.511. The van der Waals surface area contributed by atoms with Crippen LogP contribution in [0, 0.1) is 0 Å². The monoisotopic (exact) mass is 272 g/mol. The number of hydrogen-bond donors (Lipinski definition) is 1. The van der Waals surface area contributed by atoms with E-state index in [1.165, 1.54) is 0 Å². The fourth-order valence-corrected chi connectivity index (χ4v) is 2.46. The van der Waals surface area contributed by atoms with E-state index < -0.39 is 9.84 Å². The van der Waals surface area contributed by atoms with Gasteiger partial charge in [0.15, 0.2) is 0 Å². The van der Waals surface area contributed by atoms with Gasteiger partial charge < -0.3 is 0 Å². The van der Waals surface area contributed by atoms with Crippen LogP contribution in [0.2, 0.25) is 5.02 Å². The molecule has 7 heteroatoms. The standard InChI is InChI=1S/C10H10ClN3O2S/c1-12-9-10(17(2,15)16)14-8-5-6(11)3-4-7(8)13-9/h3-5H,1-2H3,(H,12,13)/p+1. The number of hydrogen-bond acceptors (Lipinski definition) is 4. The second-order valence-electron chi connectivity index (χ2n) is 3.61. The maximum absolute atomic E-state index is 11.6. The largest absolute Gasteiger partial charge is 0.297 e. The Bertz CT molecular complexity index is 685. The van der Waals surface area contributed by atoms with E-state index >= 15 is 0 Å². The first-order valence-electron chi connectivity index (χ1n) is 4.88. The molecule has 0 unspecified atom stereocenters. The summed E-state index contributed by atoms with van der Waals surface area (Å²) in [7, 11) is -1.68. The number of aromatic nitrogens is 2. The number of fused-ring (bicyclic) bond motifs is 1. The van der Waals surface area contributed by atoms with Crippen LogP contribution >= 0.6 is 11.6 Å². The van der Waals surface area contributed by atoms with E-state index in [-0.39, 0.29) is 5.03 Å². The molecule has 0 saturated heterocycles. The Morgan fingerprint density at radius 2 is 1.94 bits per heavy atom. The summed E-state index contributed by atoms with van der Waals surface area (Å²) < 4.78 is 23.2. The van der Waals surface area contributed by atoms with Gasteiger partial charge in [-0.2, -0.15) is 4.98 Å². The second-order valence-corrected chi connectivity index (χ2v) is 5.98. The summed E-state index contributed by atoms with van der Waals surface area (Å²) in [5, 5.41) is 2.10. The van der Waals surface area contributed by atoms with E-state index in [1.54, 1.807) is 30.6 Å². The summed E-state index contributed by atoms with van der Waals surface area (Å²) in [6.45, 7) is 0. The van der Waals surface area contributed by atoms with E-state index in [0.717, 1.165) is 6.26 Å². The molecule has 0 aliphatic rings. The molecule has 5 nitrogen and oxygen atoms in total. The van der Waals surface area contributed by atoms with Crippen molar-refractivity contribution in [2.75, 3.05) is 13.3 Å². The highest BCUT2D eigenvalue weighted by molar-refractivity contribution is 7.90. The smallest absolute Gasteiger partial charge is 0.262 e. The quantitative estimate of drug-likeness (QED) is 0.864. The van der Waals surface area contributed by atoms with Crippen LogP contribution in [0.15, 0.2) is 23.2 Å². The molecule has 2 N–H and O–H groups in total. The van der Waals surface area contributed by atoms with Gasteiger partial charge in [-0.1, -0.05) is 11.6 Å². The van der Waals surface area contributed by atoms with Crippen molar-refractivity contribution in [1.82, 2.24) is 9.97 Å². The molecule has 1 aromatic heterocycles. The first-order valence-corrected chi connectivity index (χ1v) is 7.15. The maximum atomic E-state index is 11.6. The van der Waals surface area contributed by atoms with E-state index in [0.29, 0.717) is 21.9 Å². The summed E-state index contributed by atoms with van der Waals surface area (Å²) >= 11 is 5.83. The van der Waals surface area contributed by atoms with Crippen molar-refractivity contribution in [2.45, 2.75) is 5.03 Å². The van der Waals surface area contributed by atoms with Gasteiger partial charge in [0.05, 0.1) is 18.1 Å². The summed E-state index contributed by atoms with van der Waals surface area (Å²) in [6, 6.07) is 5.00. The minimum Gasteiger partial charge on any atom is -0.297 e. The number of sulfone groups is 1. The highest BCUT2D eigenvalue weighted by Crippen LogP contribution is 2.20. The van der Waals surface area contributed by atoms with Crippen molar-refractivity contribution in [2.24, 2.45) is 0 Å². The van der Waals surface area contributed by atoms with Gasteiger partial charge in [0.1, 0.15) is 0 Å². The molecule has 90 valence electrons. The van der Waals surface area contributed by atoms with Gasteiger partial charge in [-0.3, -0.25) is 5.32 Å². The lowest BCUT2D eigenvalue weighted by molar-refractivity contribution is -0.546. The molecule has 0 fully saturated rings. The van der Waals surface area contributed by atoms with Gasteiger partial charge in [-0.15, -0.1) is 0 Å². The lowest BCUT2D eigenvalue weighted by atomic mass is 10.3. The molecule has 0 bridgehead atoms. The molecular formula is C10H11ClN3O2S+. The Labute approximate surface area is 104 Å². The number of rotatable bonds is 2. The molecule has 0 aliphatic heterocycles. The second kappa shape index (κ2) is 4.21. The van der Waals surface area contributed by atoms with Crippen LogP contribution in [0.3, 0.4) is 0 Å². The van der Waals surface area contributed by atoms with E-state index in [4.69, 9.17) is 11.6 Å². The Morgan fingerprint density at radius 3 is 2.53 bits per heavy atom. The number of halogens is 1. The Morgan fingerprint density at radius 1 is 1.24 bits per heavy atom. The molecule has 0 aliphatic carbocycles. The van der Waals surface area contributed by atoms with Gasteiger partial charge in [0.2, 0.25) is 14.9 Å². The number of nitrogens with two attached hydrogens (primary N) is 1. The molecule has 2 aromatic rings. The first kappa shape index (κ1) is 12.2. The van der Waals surface area contributed by atoms with Gasteiger partial charge in [0, 0.05) is 11.3 Å². The molecule has 0 amide bonds. The highest BCUT2D eigenvalue weighted by Gasteiger charge is 2.20. The normalized spacial score (nSPS) is 11.9. The summed E-state index contributed by atoms with van der Waals surface area (Å²) in [5.41, 5.74) is 1.10. The van der Waals surface area contributed by atoms with Crippen LogP contribution in [-0.4, -0.2) is 31.7 Å². The Kier molecular flexibility index (Phi) is 3.03. The molecule has 0 saturated carbocycles. The first-order chi connectivity index (χ1) is 7.91. The van der Waals surface area contributed by atoms with Crippen LogP contribution in [0.5, 0.6) is 0 Å². The molecule has 1 aromatic carbocycles. The van der Waals surface area contributed by atoms with Crippen molar-refractivity contribution >= 4 is 38.3 Å². The summed E-state index contributed by atoms with van der Waals surface area (Å²) in [6.07, 6.45) is 1.11. The molecule has 0 atom stereocenters. The number of nitrogens with zero attached hydrogens (tertiary/aromatic N) is 2. The summed E-state index contributed by atoms with van der Waals surface area (Å²) in [4.78, 5) is 8.36. The zero-order chi connectivity index (χ0) is 12.6. The van der Waals surface area contributed by atoms with Gasteiger partial charge in [-0.25, -0.2) is 13.4 Å². The van der Waals surface area contributed by atoms with Crippen LogP contribution in [-0.2, 0) is 9.84 Å². The third kappa shape index (κ3) is 2.38. The van der Waals surface area contributed by atoms with Crippen molar-refractivity contribution in [3.05, 3.63) is 23.2 Å². The van der Waals surface area contributed by atoms with Crippen LogP contribution in [0.4, 0.5) is 5.82 Å². The van der Waals surface area contributed by atoms with Crippen molar-refractivity contribution < 1.29 is 13.7 Å². The Balaban J connectivity index is 2.83. The van der Waals surface area contributed by atoms with E-state index in [9.17, 15) is 8.42 Å². The zero-order valence-corrected chi connectivity index (χ0v) is 10.9. The molecule has 17 heavy (non-hydrogen) atoms. The van der Waals surface area contributed by atoms with E-state index in [1.807, 2.05) is 0 Å². The van der Waals surface area contributed by atoms with Gasteiger partial charge in [0.25, 0.3) is 5.82 Å². The molecular weight excluding hydrogens is 262 g/mol. The Hall–Kier alpha value is -1.24. The van der Waals surface area contributed by atoms with Gasteiger partial charge >= 0.3 is 0 Å². The lowest BCUT2D eigenvalue weighted by Gasteiger charge is -2.04. The number of benzene rings is 1. The van der Waals surface area contributed by atoms with Crippen molar-refractivity contribution in [1.29, 1.82) is 0 Å². The fraction of sp³-hybridized carbons (Fsp3) is 0.200. The maximum Gasteiger partial charge on any atom is 0.262 e. The minimum atomic E-state index is -3.40. The molecule has 2 rings (SSSR count). The average Bonchev–Trinajstić information content (AvgIpc) is 2.26. The predicted molar refractivity (Wildman–Crippen MR) is 65.2 cm³/mol. The molecule has 1 heterocycles. The van der Waals surface area contributed by atoms with E-state index in [2.05, 4.69) is 9.97 Å². The SMILES string of the molecule is C[NH2+]c1nc2ccc(Cl)cc2nc1S(C)(=O)=O. The summed E-state index contributed by atoms with van der Waals surface area (Å²) in [5.74, 6) is 0.363. The molecule has 0 radical (unpaired) electrons. The molecule has 0 spiro atoms. The average molecular weight is 273 g/mol. The fourth-order valence-electron chi connectivity index (χ4n) is 1.49. The highest BCUT2D eigenvalue weighted by atomic mass is 35.5. The number of quaternary nitrogens is 1. The van der Waals surface area contributed by atoms with Crippen molar-refractivity contribution in [3.8, 4) is 0 Å². The topological polar surface area (TPSA) is 76.5 Å². The van der Waals surface area contributed by atoms with Crippen LogP contribution in [0.25, 0.3) is 11.0 Å².